The van der Waals surface area contributed by atoms with E-state index >= 15 is 0 Å². The Morgan fingerprint density at radius 1 is 1.20 bits per heavy atom. The lowest BCUT2D eigenvalue weighted by molar-refractivity contribution is 0.313. The van der Waals surface area contributed by atoms with Gasteiger partial charge < -0.3 is 11.5 Å². The summed E-state index contributed by atoms with van der Waals surface area (Å²) in [4.78, 5) is 0. The van der Waals surface area contributed by atoms with Gasteiger partial charge in [0, 0.05) is 16.5 Å². The van der Waals surface area contributed by atoms with Crippen molar-refractivity contribution in [2.24, 2.45) is 17.4 Å². The summed E-state index contributed by atoms with van der Waals surface area (Å²) in [6.07, 6.45) is 3.52. The van der Waals surface area contributed by atoms with Crippen LogP contribution in [-0.4, -0.2) is 16.5 Å². The summed E-state index contributed by atoms with van der Waals surface area (Å²) in [7, 11) is 0. The SMILES string of the molecule is NC1CCC(CI)CC1N. The standard InChI is InChI=1S/C7H15IN2/c8-4-5-1-2-6(9)7(10)3-5/h5-7H,1-4,9-10H2. The molecule has 4 N–H and O–H groups in total. The Bertz CT molecular complexity index is 108. The lowest BCUT2D eigenvalue weighted by Gasteiger charge is -2.30. The van der Waals surface area contributed by atoms with E-state index in [-0.39, 0.29) is 12.1 Å². The number of halogens is 1. The largest absolute Gasteiger partial charge is 0.326 e. The molecule has 1 aliphatic rings. The predicted octanol–water partition coefficient (Wildman–Crippen LogP) is 0.876. The van der Waals surface area contributed by atoms with Crippen molar-refractivity contribution in [3.63, 3.8) is 0 Å². The normalized spacial score (nSPS) is 41.7. The first-order chi connectivity index (χ1) is 4.74. The van der Waals surface area contributed by atoms with Gasteiger partial charge in [0.2, 0.25) is 0 Å². The summed E-state index contributed by atoms with van der Waals surface area (Å²) in [6.45, 7) is 0. The first-order valence-corrected chi connectivity index (χ1v) is 5.33. The Labute approximate surface area is 75.9 Å². The van der Waals surface area contributed by atoms with Crippen molar-refractivity contribution in [1.82, 2.24) is 0 Å². The zero-order valence-electron chi connectivity index (χ0n) is 6.09. The van der Waals surface area contributed by atoms with Crippen molar-refractivity contribution < 1.29 is 0 Å². The summed E-state index contributed by atoms with van der Waals surface area (Å²) in [5.74, 6) is 0.829. The molecule has 1 rings (SSSR count). The van der Waals surface area contributed by atoms with Gasteiger partial charge in [0.15, 0.2) is 0 Å². The first-order valence-electron chi connectivity index (χ1n) is 3.81. The summed E-state index contributed by atoms with van der Waals surface area (Å²) >= 11 is 2.43. The van der Waals surface area contributed by atoms with Crippen LogP contribution < -0.4 is 11.5 Å². The molecule has 3 atom stereocenters. The van der Waals surface area contributed by atoms with Crippen molar-refractivity contribution in [3.05, 3.63) is 0 Å². The van der Waals surface area contributed by atoms with Gasteiger partial charge in [-0.2, -0.15) is 0 Å². The molecule has 0 bridgehead atoms. The maximum atomic E-state index is 5.82. The molecule has 3 heteroatoms. The van der Waals surface area contributed by atoms with Crippen LogP contribution in [-0.2, 0) is 0 Å². The highest BCUT2D eigenvalue weighted by atomic mass is 127. The van der Waals surface area contributed by atoms with Crippen LogP contribution in [0.2, 0.25) is 0 Å². The lowest BCUT2D eigenvalue weighted by Crippen LogP contribution is -2.46. The number of rotatable bonds is 1. The molecule has 0 aromatic heterocycles. The van der Waals surface area contributed by atoms with Crippen molar-refractivity contribution in [2.75, 3.05) is 4.43 Å². The van der Waals surface area contributed by atoms with E-state index in [4.69, 9.17) is 11.5 Å². The first kappa shape index (κ1) is 8.74. The van der Waals surface area contributed by atoms with E-state index in [1.54, 1.807) is 0 Å². The van der Waals surface area contributed by atoms with Crippen LogP contribution in [0, 0.1) is 5.92 Å². The van der Waals surface area contributed by atoms with E-state index in [2.05, 4.69) is 22.6 Å². The molecule has 1 aliphatic carbocycles. The fourth-order valence-corrected chi connectivity index (χ4v) is 2.26. The van der Waals surface area contributed by atoms with Crippen LogP contribution in [0.15, 0.2) is 0 Å². The summed E-state index contributed by atoms with van der Waals surface area (Å²) in [5, 5.41) is 0. The third-order valence-corrected chi connectivity index (χ3v) is 3.53. The molecule has 2 nitrogen and oxygen atoms in total. The zero-order valence-corrected chi connectivity index (χ0v) is 8.25. The van der Waals surface area contributed by atoms with Gasteiger partial charge in [0.25, 0.3) is 0 Å². The molecule has 3 unspecified atom stereocenters. The van der Waals surface area contributed by atoms with Gasteiger partial charge >= 0.3 is 0 Å². The molecule has 0 aliphatic heterocycles. The van der Waals surface area contributed by atoms with E-state index in [1.165, 1.54) is 10.8 Å². The minimum atomic E-state index is 0.258. The van der Waals surface area contributed by atoms with Crippen molar-refractivity contribution in [2.45, 2.75) is 31.3 Å². The molecule has 1 saturated carbocycles. The van der Waals surface area contributed by atoms with Crippen LogP contribution in [0.3, 0.4) is 0 Å². The van der Waals surface area contributed by atoms with E-state index in [0.717, 1.165) is 18.8 Å². The third kappa shape index (κ3) is 2.07. The quantitative estimate of drug-likeness (QED) is 0.539. The summed E-state index contributed by atoms with van der Waals surface area (Å²) in [6, 6.07) is 0.521. The van der Waals surface area contributed by atoms with E-state index < -0.39 is 0 Å². The van der Waals surface area contributed by atoms with Crippen molar-refractivity contribution >= 4 is 22.6 Å². The van der Waals surface area contributed by atoms with Crippen LogP contribution >= 0.6 is 22.6 Å². The van der Waals surface area contributed by atoms with Gasteiger partial charge in [0.1, 0.15) is 0 Å². The molecule has 1 fully saturated rings. The molecular formula is C7H15IN2. The van der Waals surface area contributed by atoms with Crippen LogP contribution in [0.25, 0.3) is 0 Å². The second-order valence-corrected chi connectivity index (χ2v) is 4.04. The Morgan fingerprint density at radius 2 is 1.90 bits per heavy atom. The number of hydrogen-bond acceptors (Lipinski definition) is 2. The average molecular weight is 254 g/mol. The second-order valence-electron chi connectivity index (χ2n) is 3.16. The molecule has 0 amide bonds. The minimum Gasteiger partial charge on any atom is -0.326 e. The molecule has 0 spiro atoms. The Balaban J connectivity index is 2.33. The van der Waals surface area contributed by atoms with Crippen LogP contribution in [0.5, 0.6) is 0 Å². The fourth-order valence-electron chi connectivity index (χ4n) is 1.46. The molecule has 0 aromatic rings. The smallest absolute Gasteiger partial charge is 0.0195 e. The Kier molecular flexibility index (Phi) is 3.39. The topological polar surface area (TPSA) is 52.0 Å². The van der Waals surface area contributed by atoms with Crippen molar-refractivity contribution in [3.8, 4) is 0 Å². The van der Waals surface area contributed by atoms with E-state index in [1.807, 2.05) is 0 Å². The lowest BCUT2D eigenvalue weighted by atomic mass is 9.84. The zero-order chi connectivity index (χ0) is 7.56. The Hall–Kier alpha value is 0.650. The van der Waals surface area contributed by atoms with Crippen molar-refractivity contribution in [1.29, 1.82) is 0 Å². The Morgan fingerprint density at radius 3 is 2.40 bits per heavy atom. The summed E-state index contributed by atoms with van der Waals surface area (Å²) < 4.78 is 1.23. The monoisotopic (exact) mass is 254 g/mol. The van der Waals surface area contributed by atoms with Gasteiger partial charge in [-0.15, -0.1) is 0 Å². The van der Waals surface area contributed by atoms with Crippen LogP contribution in [0.1, 0.15) is 19.3 Å². The maximum Gasteiger partial charge on any atom is 0.0195 e. The minimum absolute atomic E-state index is 0.258. The number of alkyl halides is 1. The molecule has 0 aromatic carbocycles. The molecule has 0 saturated heterocycles. The molecular weight excluding hydrogens is 239 g/mol. The average Bonchev–Trinajstić information content (AvgIpc) is 1.95. The highest BCUT2D eigenvalue weighted by molar-refractivity contribution is 14.1. The highest BCUT2D eigenvalue weighted by Gasteiger charge is 2.24. The van der Waals surface area contributed by atoms with Crippen LogP contribution in [0.4, 0.5) is 0 Å². The van der Waals surface area contributed by atoms with E-state index in [0.29, 0.717) is 0 Å². The maximum absolute atomic E-state index is 5.82. The predicted molar refractivity (Wildman–Crippen MR) is 52.2 cm³/mol. The van der Waals surface area contributed by atoms with Gasteiger partial charge in [-0.25, -0.2) is 0 Å². The molecule has 0 radical (unpaired) electrons. The highest BCUT2D eigenvalue weighted by Crippen LogP contribution is 2.23. The van der Waals surface area contributed by atoms with Gasteiger partial charge in [0.05, 0.1) is 0 Å². The van der Waals surface area contributed by atoms with E-state index in [9.17, 15) is 0 Å². The number of nitrogens with two attached hydrogens (primary N) is 2. The van der Waals surface area contributed by atoms with Gasteiger partial charge in [-0.3, -0.25) is 0 Å². The summed E-state index contributed by atoms with van der Waals surface area (Å²) in [5.41, 5.74) is 11.6. The third-order valence-electron chi connectivity index (χ3n) is 2.28. The van der Waals surface area contributed by atoms with Gasteiger partial charge in [-0.05, 0) is 25.2 Å². The molecule has 0 heterocycles. The number of hydrogen-bond donors (Lipinski definition) is 2. The molecule has 10 heavy (non-hydrogen) atoms. The second kappa shape index (κ2) is 3.88. The van der Waals surface area contributed by atoms with Gasteiger partial charge in [-0.1, -0.05) is 22.6 Å². The molecule has 60 valence electrons. The fraction of sp³-hybridized carbons (Fsp3) is 1.00.